The molecule has 0 radical (unpaired) electrons. The fourth-order valence-electron chi connectivity index (χ4n) is 2.90. The van der Waals surface area contributed by atoms with E-state index in [0.717, 1.165) is 25.1 Å². The number of ether oxygens (including phenoxy) is 1. The molecule has 27 heavy (non-hydrogen) atoms. The van der Waals surface area contributed by atoms with E-state index in [2.05, 4.69) is 10.3 Å². The van der Waals surface area contributed by atoms with Crippen LogP contribution in [0.15, 0.2) is 12.3 Å². The molecule has 0 unspecified atom stereocenters. The van der Waals surface area contributed by atoms with Gasteiger partial charge in [0, 0.05) is 25.3 Å². The van der Waals surface area contributed by atoms with Crippen molar-refractivity contribution in [1.29, 1.82) is 0 Å². The molecule has 0 spiro atoms. The van der Waals surface area contributed by atoms with Gasteiger partial charge < -0.3 is 15.0 Å². The Morgan fingerprint density at radius 1 is 1.26 bits per heavy atom. The second kappa shape index (κ2) is 7.92. The second-order valence-corrected chi connectivity index (χ2v) is 7.15. The summed E-state index contributed by atoms with van der Waals surface area (Å²) in [5.74, 6) is -0.834. The van der Waals surface area contributed by atoms with Gasteiger partial charge in [-0.05, 0) is 31.7 Å². The Bertz CT molecular complexity index is 717. The number of amides is 1. The minimum atomic E-state index is -4.50. The molecule has 2 aliphatic rings. The highest BCUT2D eigenvalue weighted by molar-refractivity contribution is 6.33. The Balaban J connectivity index is 1.49. The SMILES string of the molecule is O=C(COC(=O)C1CCN(c2ncc(C(F)(F)F)cc2Cl)CC1)NC1CC1. The Labute approximate surface area is 159 Å². The van der Waals surface area contributed by atoms with Crippen molar-refractivity contribution < 1.29 is 27.5 Å². The van der Waals surface area contributed by atoms with Gasteiger partial charge in [-0.25, -0.2) is 4.98 Å². The minimum absolute atomic E-state index is 0.0809. The fourth-order valence-corrected chi connectivity index (χ4v) is 3.18. The van der Waals surface area contributed by atoms with Gasteiger partial charge in [-0.1, -0.05) is 11.6 Å². The summed E-state index contributed by atoms with van der Waals surface area (Å²) >= 11 is 5.96. The number of pyridine rings is 1. The van der Waals surface area contributed by atoms with E-state index in [1.807, 2.05) is 0 Å². The van der Waals surface area contributed by atoms with Crippen LogP contribution >= 0.6 is 11.6 Å². The third-order valence-corrected chi connectivity index (χ3v) is 4.84. The molecular formula is C17H19ClF3N3O3. The molecule has 1 aliphatic heterocycles. The van der Waals surface area contributed by atoms with E-state index >= 15 is 0 Å². The Kier molecular flexibility index (Phi) is 5.78. The number of esters is 1. The summed E-state index contributed by atoms with van der Waals surface area (Å²) in [6.07, 6.45) is -0.945. The summed E-state index contributed by atoms with van der Waals surface area (Å²) in [5.41, 5.74) is -0.904. The van der Waals surface area contributed by atoms with Gasteiger partial charge in [0.25, 0.3) is 5.91 Å². The molecule has 1 saturated carbocycles. The van der Waals surface area contributed by atoms with Crippen molar-refractivity contribution >= 4 is 29.3 Å². The van der Waals surface area contributed by atoms with Crippen LogP contribution in [0.2, 0.25) is 5.02 Å². The van der Waals surface area contributed by atoms with E-state index in [1.54, 1.807) is 4.90 Å². The van der Waals surface area contributed by atoms with Crippen LogP contribution in [0.1, 0.15) is 31.2 Å². The van der Waals surface area contributed by atoms with Crippen molar-refractivity contribution in [3.05, 3.63) is 22.8 Å². The number of nitrogens with zero attached hydrogens (tertiary/aromatic N) is 2. The average molecular weight is 406 g/mol. The van der Waals surface area contributed by atoms with Crippen molar-refractivity contribution in [2.45, 2.75) is 37.9 Å². The molecule has 10 heteroatoms. The summed E-state index contributed by atoms with van der Waals surface area (Å²) in [6, 6.07) is 1.06. The first-order valence-electron chi connectivity index (χ1n) is 8.67. The van der Waals surface area contributed by atoms with Crippen LogP contribution < -0.4 is 10.2 Å². The van der Waals surface area contributed by atoms with E-state index in [-0.39, 0.29) is 35.3 Å². The lowest BCUT2D eigenvalue weighted by Gasteiger charge is -2.32. The third-order valence-electron chi connectivity index (χ3n) is 4.56. The summed E-state index contributed by atoms with van der Waals surface area (Å²) < 4.78 is 43.1. The molecule has 0 atom stereocenters. The lowest BCUT2D eigenvalue weighted by molar-refractivity contribution is -0.153. The molecule has 2 fully saturated rings. The normalized spacial score (nSPS) is 18.3. The maximum atomic E-state index is 12.7. The smallest absolute Gasteiger partial charge is 0.417 e. The standard InChI is InChI=1S/C17H19ClF3N3O3/c18-13-7-11(17(19,20)21)8-22-15(13)24-5-3-10(4-6-24)16(26)27-9-14(25)23-12-1-2-12/h7-8,10,12H,1-6,9H2,(H,23,25). The third kappa shape index (κ3) is 5.24. The van der Waals surface area contributed by atoms with Gasteiger partial charge >= 0.3 is 12.1 Å². The number of carbonyl (C=O) groups excluding carboxylic acids is 2. The van der Waals surface area contributed by atoms with Crippen molar-refractivity contribution in [2.24, 2.45) is 5.92 Å². The number of anilines is 1. The summed E-state index contributed by atoms with van der Waals surface area (Å²) in [6.45, 7) is 0.528. The zero-order valence-corrected chi connectivity index (χ0v) is 15.1. The van der Waals surface area contributed by atoms with Gasteiger partial charge in [0.05, 0.1) is 16.5 Å². The summed E-state index contributed by atoms with van der Waals surface area (Å²) in [7, 11) is 0. The molecule has 1 amide bonds. The maximum Gasteiger partial charge on any atom is 0.417 e. The molecule has 6 nitrogen and oxygen atoms in total. The average Bonchev–Trinajstić information content (AvgIpc) is 3.43. The molecule has 1 aliphatic carbocycles. The number of aromatic nitrogens is 1. The van der Waals surface area contributed by atoms with Gasteiger partial charge in [-0.2, -0.15) is 13.2 Å². The number of carbonyl (C=O) groups is 2. The van der Waals surface area contributed by atoms with Crippen LogP contribution in [0.5, 0.6) is 0 Å². The second-order valence-electron chi connectivity index (χ2n) is 6.74. The zero-order valence-electron chi connectivity index (χ0n) is 14.4. The van der Waals surface area contributed by atoms with Crippen LogP contribution in [-0.4, -0.2) is 42.6 Å². The first kappa shape index (κ1) is 19.7. The predicted octanol–water partition coefficient (Wildman–Crippen LogP) is 2.79. The maximum absolute atomic E-state index is 12.7. The molecule has 0 bridgehead atoms. The fraction of sp³-hybridized carbons (Fsp3) is 0.588. The molecule has 1 N–H and O–H groups in total. The van der Waals surface area contributed by atoms with Crippen molar-refractivity contribution in [3.63, 3.8) is 0 Å². The zero-order chi connectivity index (χ0) is 19.6. The van der Waals surface area contributed by atoms with Crippen molar-refractivity contribution in [2.75, 3.05) is 24.6 Å². The predicted molar refractivity (Wildman–Crippen MR) is 91.3 cm³/mol. The molecule has 1 aromatic rings. The Hall–Kier alpha value is -2.03. The van der Waals surface area contributed by atoms with E-state index in [9.17, 15) is 22.8 Å². The molecule has 148 valence electrons. The van der Waals surface area contributed by atoms with Crippen molar-refractivity contribution in [1.82, 2.24) is 10.3 Å². The first-order valence-corrected chi connectivity index (χ1v) is 9.05. The van der Waals surface area contributed by atoms with Crippen LogP contribution in [0.4, 0.5) is 19.0 Å². The van der Waals surface area contributed by atoms with Crippen LogP contribution in [-0.2, 0) is 20.5 Å². The molecule has 0 aromatic carbocycles. The number of rotatable bonds is 5. The van der Waals surface area contributed by atoms with E-state index < -0.39 is 17.7 Å². The number of halogens is 4. The molecule has 1 aromatic heterocycles. The highest BCUT2D eigenvalue weighted by atomic mass is 35.5. The monoisotopic (exact) mass is 405 g/mol. The number of piperidine rings is 1. The lowest BCUT2D eigenvalue weighted by atomic mass is 9.97. The Morgan fingerprint density at radius 3 is 2.48 bits per heavy atom. The number of hydrogen-bond donors (Lipinski definition) is 1. The van der Waals surface area contributed by atoms with Crippen LogP contribution in [0.3, 0.4) is 0 Å². The molecule has 1 saturated heterocycles. The van der Waals surface area contributed by atoms with Gasteiger partial charge in [-0.15, -0.1) is 0 Å². The van der Waals surface area contributed by atoms with E-state index in [0.29, 0.717) is 25.9 Å². The summed E-state index contributed by atoms with van der Waals surface area (Å²) in [4.78, 5) is 29.2. The van der Waals surface area contributed by atoms with Crippen molar-refractivity contribution in [3.8, 4) is 0 Å². The lowest BCUT2D eigenvalue weighted by Crippen LogP contribution is -2.38. The number of hydrogen-bond acceptors (Lipinski definition) is 5. The first-order chi connectivity index (χ1) is 12.7. The minimum Gasteiger partial charge on any atom is -0.455 e. The highest BCUT2D eigenvalue weighted by Crippen LogP contribution is 2.34. The molecule has 2 heterocycles. The van der Waals surface area contributed by atoms with E-state index in [4.69, 9.17) is 16.3 Å². The van der Waals surface area contributed by atoms with Gasteiger partial charge in [0.1, 0.15) is 5.82 Å². The summed E-state index contributed by atoms with van der Waals surface area (Å²) in [5, 5.41) is 2.65. The Morgan fingerprint density at radius 2 is 1.93 bits per heavy atom. The van der Waals surface area contributed by atoms with E-state index in [1.165, 1.54) is 0 Å². The molecular weight excluding hydrogens is 387 g/mol. The molecule has 3 rings (SSSR count). The largest absolute Gasteiger partial charge is 0.455 e. The van der Waals surface area contributed by atoms with Gasteiger partial charge in [0.2, 0.25) is 0 Å². The highest BCUT2D eigenvalue weighted by Gasteiger charge is 2.33. The quantitative estimate of drug-likeness (QED) is 0.763. The number of alkyl halides is 3. The van der Waals surface area contributed by atoms with Gasteiger partial charge in [0.15, 0.2) is 6.61 Å². The van der Waals surface area contributed by atoms with Crippen LogP contribution in [0, 0.1) is 5.92 Å². The number of nitrogens with one attached hydrogen (secondary N) is 1. The van der Waals surface area contributed by atoms with Crippen LogP contribution in [0.25, 0.3) is 0 Å². The topological polar surface area (TPSA) is 71.5 Å². The van der Waals surface area contributed by atoms with Gasteiger partial charge in [-0.3, -0.25) is 9.59 Å².